The Labute approximate surface area is 164 Å². The van der Waals surface area contributed by atoms with Gasteiger partial charge in [-0.2, -0.15) is 0 Å². The Morgan fingerprint density at radius 2 is 1.54 bits per heavy atom. The maximum Gasteiger partial charge on any atom is 0.338 e. The average Bonchev–Trinajstić information content (AvgIpc) is 2.72. The van der Waals surface area contributed by atoms with Gasteiger partial charge in [-0.25, -0.2) is 4.79 Å². The molecule has 7 nitrogen and oxygen atoms in total. The van der Waals surface area contributed by atoms with Crippen molar-refractivity contribution in [3.8, 4) is 11.5 Å². The van der Waals surface area contributed by atoms with Crippen LogP contribution in [0.25, 0.3) is 0 Å². The van der Waals surface area contributed by atoms with Crippen molar-refractivity contribution in [2.75, 3.05) is 39.4 Å². The minimum absolute atomic E-state index is 0.117. The SMILES string of the molecule is COCCOC(=O)c1ccc(NC(=O)CCCOc2ccc(OC)cc2)cc1. The first-order valence-electron chi connectivity index (χ1n) is 8.95. The number of hydrogen-bond acceptors (Lipinski definition) is 6. The molecule has 0 heterocycles. The van der Waals surface area contributed by atoms with Gasteiger partial charge in [0.1, 0.15) is 18.1 Å². The standard InChI is InChI=1S/C21H25NO6/c1-25-14-15-28-21(24)16-5-7-17(8-6-16)22-20(23)4-3-13-27-19-11-9-18(26-2)10-12-19/h5-12H,3-4,13-15H2,1-2H3,(H,22,23). The summed E-state index contributed by atoms with van der Waals surface area (Å²) in [6, 6.07) is 13.8. The quantitative estimate of drug-likeness (QED) is 0.471. The molecule has 2 aromatic carbocycles. The van der Waals surface area contributed by atoms with E-state index >= 15 is 0 Å². The van der Waals surface area contributed by atoms with Crippen LogP contribution < -0.4 is 14.8 Å². The van der Waals surface area contributed by atoms with Gasteiger partial charge in [0.25, 0.3) is 0 Å². The summed E-state index contributed by atoms with van der Waals surface area (Å²) in [5.41, 5.74) is 1.04. The summed E-state index contributed by atoms with van der Waals surface area (Å²) in [6.07, 6.45) is 0.915. The van der Waals surface area contributed by atoms with Crippen molar-refractivity contribution >= 4 is 17.6 Å². The Morgan fingerprint density at radius 3 is 2.18 bits per heavy atom. The van der Waals surface area contributed by atoms with Crippen LogP contribution in [0.3, 0.4) is 0 Å². The second kappa shape index (κ2) is 11.6. The normalized spacial score (nSPS) is 10.2. The fourth-order valence-electron chi connectivity index (χ4n) is 2.31. The average molecular weight is 387 g/mol. The summed E-state index contributed by atoms with van der Waals surface area (Å²) in [6.45, 7) is 0.987. The first kappa shape index (κ1) is 21.2. The van der Waals surface area contributed by atoms with E-state index in [2.05, 4.69) is 5.32 Å². The number of anilines is 1. The van der Waals surface area contributed by atoms with Crippen molar-refractivity contribution in [3.63, 3.8) is 0 Å². The topological polar surface area (TPSA) is 83.1 Å². The molecule has 0 saturated carbocycles. The van der Waals surface area contributed by atoms with E-state index in [1.165, 1.54) is 7.11 Å². The Kier molecular flexibility index (Phi) is 8.81. The van der Waals surface area contributed by atoms with E-state index < -0.39 is 5.97 Å². The van der Waals surface area contributed by atoms with Gasteiger partial charge in [0, 0.05) is 19.2 Å². The molecule has 150 valence electrons. The molecule has 0 aliphatic heterocycles. The predicted molar refractivity (Wildman–Crippen MR) is 105 cm³/mol. The number of hydrogen-bond donors (Lipinski definition) is 1. The number of amides is 1. The highest BCUT2D eigenvalue weighted by molar-refractivity contribution is 5.93. The van der Waals surface area contributed by atoms with Gasteiger partial charge in [-0.1, -0.05) is 0 Å². The molecular weight excluding hydrogens is 362 g/mol. The summed E-state index contributed by atoms with van der Waals surface area (Å²) in [7, 11) is 3.15. The van der Waals surface area contributed by atoms with Crippen molar-refractivity contribution in [1.29, 1.82) is 0 Å². The van der Waals surface area contributed by atoms with Crippen molar-refractivity contribution in [2.45, 2.75) is 12.8 Å². The fraction of sp³-hybridized carbons (Fsp3) is 0.333. The van der Waals surface area contributed by atoms with Crippen LogP contribution in [-0.2, 0) is 14.3 Å². The van der Waals surface area contributed by atoms with Crippen LogP contribution in [0.5, 0.6) is 11.5 Å². The Morgan fingerprint density at radius 1 is 0.857 bits per heavy atom. The highest BCUT2D eigenvalue weighted by Crippen LogP contribution is 2.17. The van der Waals surface area contributed by atoms with Gasteiger partial charge < -0.3 is 24.3 Å². The Bertz CT molecular complexity index is 742. The highest BCUT2D eigenvalue weighted by Gasteiger charge is 2.08. The van der Waals surface area contributed by atoms with E-state index in [0.717, 1.165) is 11.5 Å². The summed E-state index contributed by atoms with van der Waals surface area (Å²) >= 11 is 0. The van der Waals surface area contributed by atoms with Crippen LogP contribution in [0.15, 0.2) is 48.5 Å². The minimum atomic E-state index is -0.425. The maximum atomic E-state index is 12.0. The Balaban J connectivity index is 1.68. The van der Waals surface area contributed by atoms with Crippen LogP contribution >= 0.6 is 0 Å². The van der Waals surface area contributed by atoms with Gasteiger partial charge in [-0.3, -0.25) is 4.79 Å². The van der Waals surface area contributed by atoms with Crippen LogP contribution in [0, 0.1) is 0 Å². The van der Waals surface area contributed by atoms with E-state index in [-0.39, 0.29) is 12.5 Å². The van der Waals surface area contributed by atoms with Crippen LogP contribution in [0.2, 0.25) is 0 Å². The number of benzene rings is 2. The number of carbonyl (C=O) groups is 2. The van der Waals surface area contributed by atoms with Gasteiger partial charge >= 0.3 is 5.97 Å². The van der Waals surface area contributed by atoms with Crippen molar-refractivity contribution < 1.29 is 28.5 Å². The lowest BCUT2D eigenvalue weighted by atomic mass is 10.2. The van der Waals surface area contributed by atoms with Gasteiger partial charge in [0.15, 0.2) is 0 Å². The molecule has 1 amide bonds. The van der Waals surface area contributed by atoms with E-state index in [4.69, 9.17) is 18.9 Å². The zero-order chi connectivity index (χ0) is 20.2. The predicted octanol–water partition coefficient (Wildman–Crippen LogP) is 3.30. The summed E-state index contributed by atoms with van der Waals surface area (Å²) < 4.78 is 20.5. The molecule has 0 fully saturated rings. The summed E-state index contributed by atoms with van der Waals surface area (Å²) in [4.78, 5) is 23.8. The third-order valence-electron chi connectivity index (χ3n) is 3.80. The molecule has 7 heteroatoms. The molecule has 0 radical (unpaired) electrons. The number of carbonyl (C=O) groups excluding carboxylic acids is 2. The zero-order valence-corrected chi connectivity index (χ0v) is 16.1. The molecule has 0 bridgehead atoms. The molecule has 0 saturated heterocycles. The van der Waals surface area contributed by atoms with Gasteiger partial charge in [0.2, 0.25) is 5.91 Å². The van der Waals surface area contributed by atoms with E-state index in [0.29, 0.717) is 37.3 Å². The highest BCUT2D eigenvalue weighted by atomic mass is 16.6. The molecule has 1 N–H and O–H groups in total. The first-order chi connectivity index (χ1) is 13.6. The lowest BCUT2D eigenvalue weighted by Gasteiger charge is -2.08. The molecule has 0 aromatic heterocycles. The van der Waals surface area contributed by atoms with E-state index in [1.807, 2.05) is 24.3 Å². The van der Waals surface area contributed by atoms with Crippen molar-refractivity contribution in [3.05, 3.63) is 54.1 Å². The fourth-order valence-corrected chi connectivity index (χ4v) is 2.31. The molecule has 28 heavy (non-hydrogen) atoms. The van der Waals surface area contributed by atoms with Gasteiger partial charge in [-0.15, -0.1) is 0 Å². The van der Waals surface area contributed by atoms with Crippen molar-refractivity contribution in [1.82, 2.24) is 0 Å². The summed E-state index contributed by atoms with van der Waals surface area (Å²) in [5, 5.41) is 2.79. The van der Waals surface area contributed by atoms with E-state index in [1.54, 1.807) is 31.4 Å². The number of esters is 1. The van der Waals surface area contributed by atoms with E-state index in [9.17, 15) is 9.59 Å². The minimum Gasteiger partial charge on any atom is -0.497 e. The van der Waals surface area contributed by atoms with Crippen LogP contribution in [0.4, 0.5) is 5.69 Å². The second-order valence-corrected chi connectivity index (χ2v) is 5.88. The zero-order valence-electron chi connectivity index (χ0n) is 16.1. The monoisotopic (exact) mass is 387 g/mol. The lowest BCUT2D eigenvalue weighted by Crippen LogP contribution is -2.13. The van der Waals surface area contributed by atoms with Crippen LogP contribution in [0.1, 0.15) is 23.2 Å². The molecule has 2 aromatic rings. The maximum absolute atomic E-state index is 12.0. The number of rotatable bonds is 11. The van der Waals surface area contributed by atoms with Crippen LogP contribution in [-0.4, -0.2) is 45.9 Å². The summed E-state index contributed by atoms with van der Waals surface area (Å²) in [5.74, 6) is 0.953. The molecule has 0 aliphatic carbocycles. The smallest absolute Gasteiger partial charge is 0.338 e. The second-order valence-electron chi connectivity index (χ2n) is 5.88. The molecule has 0 aliphatic rings. The largest absolute Gasteiger partial charge is 0.497 e. The lowest BCUT2D eigenvalue weighted by molar-refractivity contribution is -0.116. The third kappa shape index (κ3) is 7.28. The van der Waals surface area contributed by atoms with Gasteiger partial charge in [0.05, 0.1) is 25.9 Å². The third-order valence-corrected chi connectivity index (χ3v) is 3.80. The van der Waals surface area contributed by atoms with Crippen molar-refractivity contribution in [2.24, 2.45) is 0 Å². The van der Waals surface area contributed by atoms with Gasteiger partial charge in [-0.05, 0) is 55.0 Å². The molecule has 2 rings (SSSR count). The number of methoxy groups -OCH3 is 2. The molecule has 0 atom stereocenters. The number of nitrogens with one attached hydrogen (secondary N) is 1. The number of ether oxygens (including phenoxy) is 4. The molecule has 0 unspecified atom stereocenters. The Hall–Kier alpha value is -3.06. The first-order valence-corrected chi connectivity index (χ1v) is 8.95. The molecular formula is C21H25NO6. The molecule has 0 spiro atoms.